The van der Waals surface area contributed by atoms with E-state index >= 15 is 0 Å². The van der Waals surface area contributed by atoms with Gasteiger partial charge in [0.25, 0.3) is 5.91 Å². The third-order valence-electron chi connectivity index (χ3n) is 2.46. The van der Waals surface area contributed by atoms with Crippen LogP contribution < -0.4 is 10.1 Å². The Morgan fingerprint density at radius 1 is 1.25 bits per heavy atom. The number of aliphatic hydroxyl groups excluding tert-OH is 1. The third kappa shape index (κ3) is 4.03. The highest BCUT2D eigenvalue weighted by Crippen LogP contribution is 2.10. The molecule has 0 bridgehead atoms. The minimum atomic E-state index is -0.366. The fourth-order valence-corrected chi connectivity index (χ4v) is 1.47. The van der Waals surface area contributed by atoms with Crippen LogP contribution in [0.5, 0.6) is 5.75 Å². The molecule has 6 heteroatoms. The monoisotopic (exact) mass is 276 g/mol. The van der Waals surface area contributed by atoms with E-state index in [1.54, 1.807) is 12.1 Å². The van der Waals surface area contributed by atoms with E-state index in [2.05, 4.69) is 10.3 Å². The Bertz CT molecular complexity index is 570. The van der Waals surface area contributed by atoms with Gasteiger partial charge in [-0.15, -0.1) is 0 Å². The molecule has 2 N–H and O–H groups in total. The molecule has 0 fully saturated rings. The van der Waals surface area contributed by atoms with Crippen LogP contribution in [-0.2, 0) is 11.4 Å². The first kappa shape index (κ1) is 14.0. The lowest BCUT2D eigenvalue weighted by Crippen LogP contribution is -2.20. The van der Waals surface area contributed by atoms with Gasteiger partial charge in [0.05, 0.1) is 18.5 Å². The molecule has 0 aliphatic heterocycles. The highest BCUT2D eigenvalue weighted by atomic mass is 19.1. The van der Waals surface area contributed by atoms with Crippen LogP contribution in [0.1, 0.15) is 5.69 Å². The maximum atomic E-state index is 12.7. The number of aromatic nitrogens is 1. The number of ether oxygens (including phenoxy) is 1. The summed E-state index contributed by atoms with van der Waals surface area (Å²) in [6, 6.07) is 8.66. The van der Waals surface area contributed by atoms with Crippen LogP contribution in [-0.4, -0.2) is 22.6 Å². The zero-order valence-corrected chi connectivity index (χ0v) is 10.5. The summed E-state index contributed by atoms with van der Waals surface area (Å²) in [7, 11) is 0. The molecule has 1 aromatic carbocycles. The van der Waals surface area contributed by atoms with Crippen LogP contribution in [0.25, 0.3) is 0 Å². The number of anilines is 1. The van der Waals surface area contributed by atoms with E-state index in [1.165, 1.54) is 30.5 Å². The molecule has 0 saturated heterocycles. The maximum Gasteiger partial charge on any atom is 0.262 e. The number of pyridine rings is 1. The highest BCUT2D eigenvalue weighted by Gasteiger charge is 2.04. The number of halogens is 1. The molecule has 5 nitrogen and oxygen atoms in total. The molecule has 1 heterocycles. The molecule has 0 spiro atoms. The van der Waals surface area contributed by atoms with Crippen molar-refractivity contribution in [2.45, 2.75) is 6.61 Å². The second-order valence-corrected chi connectivity index (χ2v) is 3.99. The Morgan fingerprint density at radius 3 is 2.60 bits per heavy atom. The molecule has 104 valence electrons. The number of nitrogens with one attached hydrogen (secondary N) is 1. The molecule has 0 saturated carbocycles. The Labute approximate surface area is 115 Å². The van der Waals surface area contributed by atoms with Gasteiger partial charge in [-0.3, -0.25) is 9.78 Å². The largest absolute Gasteiger partial charge is 0.482 e. The van der Waals surface area contributed by atoms with E-state index in [4.69, 9.17) is 9.84 Å². The molecule has 0 radical (unpaired) electrons. The number of hydrogen-bond acceptors (Lipinski definition) is 4. The summed E-state index contributed by atoms with van der Waals surface area (Å²) in [5.74, 6) is -0.298. The van der Waals surface area contributed by atoms with Gasteiger partial charge in [-0.05, 0) is 36.4 Å². The van der Waals surface area contributed by atoms with E-state index in [0.29, 0.717) is 17.1 Å². The zero-order valence-electron chi connectivity index (χ0n) is 10.5. The maximum absolute atomic E-state index is 12.7. The van der Waals surface area contributed by atoms with Crippen LogP contribution in [0.2, 0.25) is 0 Å². The van der Waals surface area contributed by atoms with Gasteiger partial charge in [0.15, 0.2) is 6.61 Å². The number of nitrogens with zero attached hydrogens (tertiary/aromatic N) is 1. The molecule has 0 aliphatic rings. The summed E-state index contributed by atoms with van der Waals surface area (Å²) in [5.41, 5.74) is 1.02. The topological polar surface area (TPSA) is 71.5 Å². The predicted molar refractivity (Wildman–Crippen MR) is 70.7 cm³/mol. The van der Waals surface area contributed by atoms with E-state index in [-0.39, 0.29) is 24.9 Å². The number of hydrogen-bond donors (Lipinski definition) is 2. The van der Waals surface area contributed by atoms with Gasteiger partial charge in [-0.2, -0.15) is 0 Å². The van der Waals surface area contributed by atoms with Gasteiger partial charge in [-0.1, -0.05) is 0 Å². The summed E-state index contributed by atoms with van der Waals surface area (Å²) in [6.07, 6.45) is 1.43. The number of carbonyl (C=O) groups excluding carboxylic acids is 1. The quantitative estimate of drug-likeness (QED) is 0.872. The fraction of sp³-hybridized carbons (Fsp3) is 0.143. The molecular weight excluding hydrogens is 263 g/mol. The molecular formula is C14H13FN2O3. The number of carbonyl (C=O) groups is 1. The minimum Gasteiger partial charge on any atom is -0.482 e. The highest BCUT2D eigenvalue weighted by molar-refractivity contribution is 5.91. The third-order valence-corrected chi connectivity index (χ3v) is 2.46. The van der Waals surface area contributed by atoms with E-state index < -0.39 is 0 Å². The van der Waals surface area contributed by atoms with Crippen LogP contribution in [0.15, 0.2) is 42.6 Å². The number of aliphatic hydroxyl groups is 1. The Kier molecular flexibility index (Phi) is 4.62. The Balaban J connectivity index is 1.83. The first-order valence-corrected chi connectivity index (χ1v) is 5.91. The van der Waals surface area contributed by atoms with Crippen molar-refractivity contribution in [3.63, 3.8) is 0 Å². The van der Waals surface area contributed by atoms with Gasteiger partial charge in [-0.25, -0.2) is 4.39 Å². The fourth-order valence-electron chi connectivity index (χ4n) is 1.47. The summed E-state index contributed by atoms with van der Waals surface area (Å²) >= 11 is 0. The Morgan fingerprint density at radius 2 is 2.00 bits per heavy atom. The van der Waals surface area contributed by atoms with Crippen LogP contribution in [0.3, 0.4) is 0 Å². The van der Waals surface area contributed by atoms with E-state index in [0.717, 1.165) is 0 Å². The number of amides is 1. The zero-order chi connectivity index (χ0) is 14.4. The van der Waals surface area contributed by atoms with E-state index in [1.807, 2.05) is 0 Å². The molecule has 1 aromatic heterocycles. The molecule has 20 heavy (non-hydrogen) atoms. The lowest BCUT2D eigenvalue weighted by molar-refractivity contribution is -0.118. The lowest BCUT2D eigenvalue weighted by Gasteiger charge is -2.07. The lowest BCUT2D eigenvalue weighted by atomic mass is 10.3. The summed E-state index contributed by atoms with van der Waals surface area (Å²) < 4.78 is 17.9. The van der Waals surface area contributed by atoms with Gasteiger partial charge in [0.1, 0.15) is 11.6 Å². The first-order chi connectivity index (χ1) is 9.67. The van der Waals surface area contributed by atoms with Crippen molar-refractivity contribution < 1.29 is 19.0 Å². The molecule has 0 unspecified atom stereocenters. The average molecular weight is 276 g/mol. The molecule has 0 atom stereocenters. The van der Waals surface area contributed by atoms with Crippen molar-refractivity contribution in [1.29, 1.82) is 0 Å². The van der Waals surface area contributed by atoms with Crippen LogP contribution in [0, 0.1) is 5.82 Å². The van der Waals surface area contributed by atoms with Crippen molar-refractivity contribution >= 4 is 11.6 Å². The first-order valence-electron chi connectivity index (χ1n) is 5.91. The van der Waals surface area contributed by atoms with Gasteiger partial charge in [0.2, 0.25) is 0 Å². The van der Waals surface area contributed by atoms with Crippen molar-refractivity contribution in [2.24, 2.45) is 0 Å². The standard InChI is InChI=1S/C14H13FN2O3/c15-10-1-3-11(4-2-10)17-14(19)9-20-13-6-5-12(8-18)16-7-13/h1-7,18H,8-9H2,(H,17,19). The second-order valence-electron chi connectivity index (χ2n) is 3.99. The van der Waals surface area contributed by atoms with Gasteiger partial charge >= 0.3 is 0 Å². The van der Waals surface area contributed by atoms with Crippen molar-refractivity contribution in [3.8, 4) is 5.75 Å². The predicted octanol–water partition coefficient (Wildman–Crippen LogP) is 1.73. The van der Waals surface area contributed by atoms with Gasteiger partial charge in [0, 0.05) is 5.69 Å². The summed E-state index contributed by atoms with van der Waals surface area (Å²) in [5, 5.41) is 11.4. The second kappa shape index (κ2) is 6.63. The van der Waals surface area contributed by atoms with Crippen molar-refractivity contribution in [3.05, 3.63) is 54.1 Å². The number of benzene rings is 1. The SMILES string of the molecule is O=C(COc1ccc(CO)nc1)Nc1ccc(F)cc1. The normalized spacial score (nSPS) is 10.1. The van der Waals surface area contributed by atoms with E-state index in [9.17, 15) is 9.18 Å². The molecule has 0 aliphatic carbocycles. The average Bonchev–Trinajstić information content (AvgIpc) is 2.48. The van der Waals surface area contributed by atoms with Crippen molar-refractivity contribution in [1.82, 2.24) is 4.98 Å². The summed E-state index contributed by atoms with van der Waals surface area (Å²) in [4.78, 5) is 15.5. The van der Waals surface area contributed by atoms with Crippen LogP contribution in [0.4, 0.5) is 10.1 Å². The smallest absolute Gasteiger partial charge is 0.262 e. The molecule has 2 rings (SSSR count). The number of rotatable bonds is 5. The van der Waals surface area contributed by atoms with Crippen molar-refractivity contribution in [2.75, 3.05) is 11.9 Å². The van der Waals surface area contributed by atoms with Crippen LogP contribution >= 0.6 is 0 Å². The molecule has 2 aromatic rings. The Hall–Kier alpha value is -2.47. The van der Waals surface area contributed by atoms with Gasteiger partial charge < -0.3 is 15.2 Å². The molecule has 1 amide bonds. The summed E-state index contributed by atoms with van der Waals surface area (Å²) in [6.45, 7) is -0.330. The minimum absolute atomic E-state index is 0.147.